The lowest BCUT2D eigenvalue weighted by Gasteiger charge is -2.11. The minimum absolute atomic E-state index is 0.0354. The number of aliphatic hydroxyl groups excluding tert-OH is 1. The first-order valence-electron chi connectivity index (χ1n) is 4.69. The van der Waals surface area contributed by atoms with E-state index in [1.165, 1.54) is 0 Å². The van der Waals surface area contributed by atoms with E-state index in [0.29, 0.717) is 6.54 Å². The van der Waals surface area contributed by atoms with Crippen LogP contribution in [0.25, 0.3) is 0 Å². The van der Waals surface area contributed by atoms with Crippen molar-refractivity contribution in [2.45, 2.75) is 13.0 Å². The molecule has 0 aliphatic rings. The van der Waals surface area contributed by atoms with Crippen molar-refractivity contribution < 1.29 is 5.11 Å². The van der Waals surface area contributed by atoms with Crippen molar-refractivity contribution in [3.8, 4) is 6.07 Å². The molecular weight excluding hydrogens is 256 g/mol. The van der Waals surface area contributed by atoms with Gasteiger partial charge in [0.25, 0.3) is 0 Å². The molecular formula is C11H13BrN2O. The molecule has 0 heterocycles. The van der Waals surface area contributed by atoms with E-state index in [9.17, 15) is 0 Å². The number of hydrogen-bond acceptors (Lipinski definition) is 3. The molecule has 3 nitrogen and oxygen atoms in total. The fraction of sp³-hybridized carbons (Fsp3) is 0.364. The molecule has 0 amide bonds. The molecule has 0 saturated carbocycles. The van der Waals surface area contributed by atoms with Crippen molar-refractivity contribution in [1.29, 1.82) is 5.26 Å². The van der Waals surface area contributed by atoms with Gasteiger partial charge in [-0.15, -0.1) is 0 Å². The van der Waals surface area contributed by atoms with E-state index in [4.69, 9.17) is 10.4 Å². The lowest BCUT2D eigenvalue weighted by atomic mass is 10.1. The summed E-state index contributed by atoms with van der Waals surface area (Å²) < 4.78 is 1.03. The largest absolute Gasteiger partial charge is 0.395 e. The zero-order valence-corrected chi connectivity index (χ0v) is 10.1. The average molecular weight is 269 g/mol. The van der Waals surface area contributed by atoms with Crippen LogP contribution in [0.4, 0.5) is 0 Å². The van der Waals surface area contributed by atoms with Crippen molar-refractivity contribution in [1.82, 2.24) is 5.32 Å². The predicted octanol–water partition coefficient (Wildman–Crippen LogP) is 1.90. The van der Waals surface area contributed by atoms with E-state index in [2.05, 4.69) is 27.3 Å². The van der Waals surface area contributed by atoms with Crippen LogP contribution < -0.4 is 5.32 Å². The maximum atomic E-state index is 8.96. The smallest absolute Gasteiger partial charge is 0.121 e. The maximum absolute atomic E-state index is 8.96. The second-order valence-corrected chi connectivity index (χ2v) is 4.10. The number of nitrogens with one attached hydrogen (secondary N) is 1. The van der Waals surface area contributed by atoms with E-state index in [0.717, 1.165) is 15.6 Å². The number of nitrogens with zero attached hydrogens (tertiary/aromatic N) is 1. The Kier molecular flexibility index (Phi) is 4.76. The highest BCUT2D eigenvalue weighted by Crippen LogP contribution is 2.20. The average Bonchev–Trinajstić information content (AvgIpc) is 2.24. The highest BCUT2D eigenvalue weighted by molar-refractivity contribution is 9.10. The lowest BCUT2D eigenvalue weighted by Crippen LogP contribution is -2.23. The van der Waals surface area contributed by atoms with Crippen LogP contribution in [0.15, 0.2) is 22.7 Å². The molecule has 0 fully saturated rings. The van der Waals surface area contributed by atoms with Gasteiger partial charge in [0.05, 0.1) is 12.7 Å². The fourth-order valence-corrected chi connectivity index (χ4v) is 1.54. The molecule has 0 aliphatic heterocycles. The summed E-state index contributed by atoms with van der Waals surface area (Å²) in [7, 11) is 0. The third kappa shape index (κ3) is 3.31. The van der Waals surface area contributed by atoms with Gasteiger partial charge in [-0.2, -0.15) is 5.26 Å². The third-order valence-corrected chi connectivity index (χ3v) is 2.99. The van der Waals surface area contributed by atoms with Gasteiger partial charge in [0.15, 0.2) is 0 Å². The van der Waals surface area contributed by atoms with Crippen molar-refractivity contribution in [2.24, 2.45) is 0 Å². The Bertz CT molecular complexity index is 373. The van der Waals surface area contributed by atoms with Gasteiger partial charge >= 0.3 is 0 Å². The standard InChI is InChI=1S/C11H13BrN2O/c1-8-6-9(2-3-10(8)12)11(7-13)14-4-5-15/h2-3,6,11,14-15H,4-5H2,1H3. The zero-order chi connectivity index (χ0) is 11.3. The zero-order valence-electron chi connectivity index (χ0n) is 8.50. The second kappa shape index (κ2) is 5.86. The van der Waals surface area contributed by atoms with Crippen LogP contribution >= 0.6 is 15.9 Å². The van der Waals surface area contributed by atoms with Gasteiger partial charge in [0.2, 0.25) is 0 Å². The van der Waals surface area contributed by atoms with Crippen LogP contribution in [0.3, 0.4) is 0 Å². The Hall–Kier alpha value is -0.890. The van der Waals surface area contributed by atoms with Gasteiger partial charge in [0, 0.05) is 11.0 Å². The first-order chi connectivity index (χ1) is 7.19. The molecule has 0 bridgehead atoms. The quantitative estimate of drug-likeness (QED) is 0.877. The lowest BCUT2D eigenvalue weighted by molar-refractivity contribution is 0.289. The number of nitriles is 1. The SMILES string of the molecule is Cc1cc(C(C#N)NCCO)ccc1Br. The number of rotatable bonds is 4. The van der Waals surface area contributed by atoms with E-state index in [-0.39, 0.29) is 12.6 Å². The third-order valence-electron chi connectivity index (χ3n) is 2.10. The summed E-state index contributed by atoms with van der Waals surface area (Å²) in [6, 6.07) is 7.59. The van der Waals surface area contributed by atoms with Crippen molar-refractivity contribution in [3.05, 3.63) is 33.8 Å². The monoisotopic (exact) mass is 268 g/mol. The molecule has 15 heavy (non-hydrogen) atoms. The van der Waals surface area contributed by atoms with Gasteiger partial charge in [-0.1, -0.05) is 28.1 Å². The van der Waals surface area contributed by atoms with Gasteiger partial charge in [-0.25, -0.2) is 0 Å². The molecule has 0 radical (unpaired) electrons. The Labute approximate surface area is 97.9 Å². The summed E-state index contributed by atoms with van der Waals surface area (Å²) in [4.78, 5) is 0. The summed E-state index contributed by atoms with van der Waals surface area (Å²) in [5, 5.41) is 20.6. The highest BCUT2D eigenvalue weighted by atomic mass is 79.9. The van der Waals surface area contributed by atoms with Crippen LogP contribution in [0.5, 0.6) is 0 Å². The molecule has 0 spiro atoms. The Morgan fingerprint density at radius 2 is 2.33 bits per heavy atom. The normalized spacial score (nSPS) is 12.1. The molecule has 1 aromatic rings. The Morgan fingerprint density at radius 3 is 2.87 bits per heavy atom. The van der Waals surface area contributed by atoms with Crippen LogP contribution in [-0.2, 0) is 0 Å². The first-order valence-corrected chi connectivity index (χ1v) is 5.48. The number of hydrogen-bond donors (Lipinski definition) is 2. The highest BCUT2D eigenvalue weighted by Gasteiger charge is 2.09. The Morgan fingerprint density at radius 1 is 1.60 bits per heavy atom. The number of benzene rings is 1. The Balaban J connectivity index is 2.84. The predicted molar refractivity (Wildman–Crippen MR) is 62.3 cm³/mol. The molecule has 4 heteroatoms. The van der Waals surface area contributed by atoms with E-state index >= 15 is 0 Å². The van der Waals surface area contributed by atoms with Crippen LogP contribution in [0, 0.1) is 18.3 Å². The van der Waals surface area contributed by atoms with Crippen molar-refractivity contribution in [3.63, 3.8) is 0 Å². The summed E-state index contributed by atoms with van der Waals surface area (Å²) in [5.41, 5.74) is 2.02. The number of aryl methyl sites for hydroxylation is 1. The first kappa shape index (κ1) is 12.2. The van der Waals surface area contributed by atoms with Crippen LogP contribution in [-0.4, -0.2) is 18.3 Å². The molecule has 1 aromatic carbocycles. The van der Waals surface area contributed by atoms with Gasteiger partial charge in [0.1, 0.15) is 6.04 Å². The molecule has 80 valence electrons. The van der Waals surface area contributed by atoms with E-state index in [1.807, 2.05) is 25.1 Å². The second-order valence-electron chi connectivity index (χ2n) is 3.25. The minimum atomic E-state index is -0.357. The molecule has 2 N–H and O–H groups in total. The van der Waals surface area contributed by atoms with Gasteiger partial charge in [-0.3, -0.25) is 5.32 Å². The van der Waals surface area contributed by atoms with Gasteiger partial charge < -0.3 is 5.11 Å². The molecule has 0 aliphatic carbocycles. The van der Waals surface area contributed by atoms with Crippen molar-refractivity contribution >= 4 is 15.9 Å². The molecule has 1 atom stereocenters. The number of aliphatic hydroxyl groups is 1. The van der Waals surface area contributed by atoms with E-state index in [1.54, 1.807) is 0 Å². The summed E-state index contributed by atoms with van der Waals surface area (Å²) >= 11 is 3.41. The number of halogens is 1. The summed E-state index contributed by atoms with van der Waals surface area (Å²) in [6.45, 7) is 2.44. The van der Waals surface area contributed by atoms with Crippen LogP contribution in [0.1, 0.15) is 17.2 Å². The fourth-order valence-electron chi connectivity index (χ4n) is 1.29. The topological polar surface area (TPSA) is 56.0 Å². The van der Waals surface area contributed by atoms with E-state index < -0.39 is 0 Å². The van der Waals surface area contributed by atoms with Crippen molar-refractivity contribution in [2.75, 3.05) is 13.2 Å². The summed E-state index contributed by atoms with van der Waals surface area (Å²) in [5.74, 6) is 0. The molecule has 0 saturated heterocycles. The minimum Gasteiger partial charge on any atom is -0.395 e. The molecule has 0 aromatic heterocycles. The molecule has 1 rings (SSSR count). The van der Waals surface area contributed by atoms with Crippen LogP contribution in [0.2, 0.25) is 0 Å². The molecule has 1 unspecified atom stereocenters. The maximum Gasteiger partial charge on any atom is 0.121 e. The summed E-state index contributed by atoms with van der Waals surface area (Å²) in [6.07, 6.45) is 0. The van der Waals surface area contributed by atoms with Gasteiger partial charge in [-0.05, 0) is 24.1 Å².